The second-order valence-electron chi connectivity index (χ2n) is 4.35. The van der Waals surface area contributed by atoms with E-state index in [-0.39, 0.29) is 11.7 Å². The highest BCUT2D eigenvalue weighted by Crippen LogP contribution is 2.26. The van der Waals surface area contributed by atoms with Gasteiger partial charge in [0.25, 0.3) is 0 Å². The Hall–Kier alpha value is -0.490. The lowest BCUT2D eigenvalue weighted by molar-refractivity contribution is -0.227. The van der Waals surface area contributed by atoms with Crippen LogP contribution in [0.5, 0.6) is 0 Å². The van der Waals surface area contributed by atoms with Crippen LogP contribution in [0, 0.1) is 5.92 Å². The van der Waals surface area contributed by atoms with Gasteiger partial charge >= 0.3 is 0 Å². The lowest BCUT2D eigenvalue weighted by Crippen LogP contribution is -2.60. The fraction of sp³-hybridized carbons (Fsp3) is 0.900. The summed E-state index contributed by atoms with van der Waals surface area (Å²) in [5.74, 6) is -0.386. The van der Waals surface area contributed by atoms with Crippen LogP contribution in [0.25, 0.3) is 0 Å². The first-order valence-electron chi connectivity index (χ1n) is 5.06. The first-order chi connectivity index (χ1) is 6.86. The van der Waals surface area contributed by atoms with Crippen molar-refractivity contribution in [2.45, 2.75) is 51.3 Å². The highest BCUT2D eigenvalue weighted by atomic mass is 16.5. The topological polar surface area (TPSA) is 87.0 Å². The van der Waals surface area contributed by atoms with E-state index in [0.29, 0.717) is 0 Å². The molecule has 5 nitrogen and oxygen atoms in total. The fourth-order valence-corrected chi connectivity index (χ4v) is 1.79. The highest BCUT2D eigenvalue weighted by molar-refractivity contribution is 5.81. The third-order valence-corrected chi connectivity index (χ3v) is 2.71. The number of ketones is 1. The van der Waals surface area contributed by atoms with E-state index in [1.54, 1.807) is 0 Å². The van der Waals surface area contributed by atoms with Crippen molar-refractivity contribution in [1.82, 2.24) is 0 Å². The molecule has 0 radical (unpaired) electrons. The monoisotopic (exact) mass is 218 g/mol. The Kier molecular flexibility index (Phi) is 3.83. The number of aliphatic hydroxyl groups excluding tert-OH is 3. The number of hydrogen-bond acceptors (Lipinski definition) is 5. The molecule has 1 rings (SSSR count). The number of ether oxygens (including phenoxy) is 1. The molecule has 0 bridgehead atoms. The quantitative estimate of drug-likeness (QED) is 0.558. The van der Waals surface area contributed by atoms with E-state index >= 15 is 0 Å². The molecule has 1 heterocycles. The van der Waals surface area contributed by atoms with E-state index in [1.807, 2.05) is 13.8 Å². The molecule has 5 heteroatoms. The van der Waals surface area contributed by atoms with Crippen molar-refractivity contribution in [2.75, 3.05) is 0 Å². The van der Waals surface area contributed by atoms with Gasteiger partial charge in [0.2, 0.25) is 0 Å². The molecular weight excluding hydrogens is 200 g/mol. The Balaban J connectivity index is 2.85. The van der Waals surface area contributed by atoms with Gasteiger partial charge in [-0.15, -0.1) is 0 Å². The number of carbonyl (C=O) groups is 1. The predicted molar refractivity (Wildman–Crippen MR) is 52.2 cm³/mol. The zero-order valence-electron chi connectivity index (χ0n) is 9.12. The molecule has 15 heavy (non-hydrogen) atoms. The van der Waals surface area contributed by atoms with Crippen molar-refractivity contribution < 1.29 is 24.9 Å². The lowest BCUT2D eigenvalue weighted by Gasteiger charge is -2.41. The molecule has 0 amide bonds. The number of rotatable bonds is 2. The highest BCUT2D eigenvalue weighted by Gasteiger charge is 2.46. The summed E-state index contributed by atoms with van der Waals surface area (Å²) in [5.41, 5.74) is 0. The number of carbonyl (C=O) groups excluding carboxylic acids is 1. The molecule has 0 saturated carbocycles. The summed E-state index contributed by atoms with van der Waals surface area (Å²) < 4.78 is 5.29. The summed E-state index contributed by atoms with van der Waals surface area (Å²) in [5, 5.41) is 28.7. The third kappa shape index (κ3) is 2.36. The van der Waals surface area contributed by atoms with Gasteiger partial charge in [-0.1, -0.05) is 13.8 Å². The minimum atomic E-state index is -1.35. The van der Waals surface area contributed by atoms with E-state index in [1.165, 1.54) is 6.92 Å². The van der Waals surface area contributed by atoms with Crippen LogP contribution >= 0.6 is 0 Å². The third-order valence-electron chi connectivity index (χ3n) is 2.71. The summed E-state index contributed by atoms with van der Waals surface area (Å²) in [6.07, 6.45) is -5.52. The fourth-order valence-electron chi connectivity index (χ4n) is 1.79. The Bertz CT molecular complexity index is 240. The second kappa shape index (κ2) is 4.57. The van der Waals surface area contributed by atoms with Crippen LogP contribution in [-0.2, 0) is 9.53 Å². The molecule has 0 aromatic carbocycles. The van der Waals surface area contributed by atoms with Crippen molar-refractivity contribution >= 4 is 5.78 Å². The maximum atomic E-state index is 11.2. The molecule has 1 aliphatic rings. The summed E-state index contributed by atoms with van der Waals surface area (Å²) in [4.78, 5) is 11.2. The SMILES string of the molecule is CC(=O)C1O[C@@H](C(C)C)C(O)[C@@H](O)C1O. The van der Waals surface area contributed by atoms with E-state index in [2.05, 4.69) is 0 Å². The van der Waals surface area contributed by atoms with E-state index in [9.17, 15) is 20.1 Å². The summed E-state index contributed by atoms with van der Waals surface area (Å²) in [7, 11) is 0. The molecule has 0 aromatic rings. The Morgan fingerprint density at radius 1 is 1.13 bits per heavy atom. The van der Waals surface area contributed by atoms with Crippen molar-refractivity contribution in [3.8, 4) is 0 Å². The van der Waals surface area contributed by atoms with Gasteiger partial charge in [-0.25, -0.2) is 0 Å². The Morgan fingerprint density at radius 2 is 1.67 bits per heavy atom. The minimum absolute atomic E-state index is 0.0380. The standard InChI is InChI=1S/C10H18O5/c1-4(2)9-7(13)6(12)8(14)10(15-9)5(3)11/h4,6-10,12-14H,1-3H3/t6-,7?,8?,9+,10?/m1/s1. The van der Waals surface area contributed by atoms with Crippen LogP contribution in [0.3, 0.4) is 0 Å². The maximum absolute atomic E-state index is 11.2. The first-order valence-corrected chi connectivity index (χ1v) is 5.06. The van der Waals surface area contributed by atoms with Gasteiger partial charge in [-0.3, -0.25) is 4.79 Å². The van der Waals surface area contributed by atoms with Crippen molar-refractivity contribution in [3.63, 3.8) is 0 Å². The van der Waals surface area contributed by atoms with Gasteiger partial charge in [0.15, 0.2) is 5.78 Å². The van der Waals surface area contributed by atoms with Crippen LogP contribution in [0.4, 0.5) is 0 Å². The van der Waals surface area contributed by atoms with E-state index in [0.717, 1.165) is 0 Å². The molecule has 3 N–H and O–H groups in total. The number of Topliss-reactive ketones (excluding diaryl/α,β-unsaturated/α-hetero) is 1. The average molecular weight is 218 g/mol. The van der Waals surface area contributed by atoms with Gasteiger partial charge in [-0.05, 0) is 12.8 Å². The number of hydrogen-bond donors (Lipinski definition) is 3. The zero-order chi connectivity index (χ0) is 11.7. The van der Waals surface area contributed by atoms with Crippen molar-refractivity contribution in [1.29, 1.82) is 0 Å². The molecule has 0 aromatic heterocycles. The Labute approximate surface area is 88.7 Å². The van der Waals surface area contributed by atoms with Crippen molar-refractivity contribution in [2.24, 2.45) is 5.92 Å². The van der Waals surface area contributed by atoms with Crippen LogP contribution in [0.1, 0.15) is 20.8 Å². The molecule has 1 saturated heterocycles. The zero-order valence-corrected chi connectivity index (χ0v) is 9.12. The molecule has 3 unspecified atom stereocenters. The molecule has 0 aliphatic carbocycles. The maximum Gasteiger partial charge on any atom is 0.161 e. The van der Waals surface area contributed by atoms with E-state index < -0.39 is 30.5 Å². The minimum Gasteiger partial charge on any atom is -0.388 e. The second-order valence-corrected chi connectivity index (χ2v) is 4.35. The first kappa shape index (κ1) is 12.6. The lowest BCUT2D eigenvalue weighted by atomic mass is 9.88. The van der Waals surface area contributed by atoms with Gasteiger partial charge in [0, 0.05) is 0 Å². The molecule has 1 fully saturated rings. The summed E-state index contributed by atoms with van der Waals surface area (Å²) >= 11 is 0. The average Bonchev–Trinajstić information content (AvgIpc) is 2.13. The van der Waals surface area contributed by atoms with Gasteiger partial charge in [0.05, 0.1) is 6.10 Å². The van der Waals surface area contributed by atoms with Gasteiger partial charge < -0.3 is 20.1 Å². The predicted octanol–water partition coefficient (Wildman–Crippen LogP) is -0.919. The van der Waals surface area contributed by atoms with Gasteiger partial charge in [0.1, 0.15) is 24.4 Å². The summed E-state index contributed by atoms with van der Waals surface area (Å²) in [6, 6.07) is 0. The smallest absolute Gasteiger partial charge is 0.161 e. The van der Waals surface area contributed by atoms with Crippen LogP contribution < -0.4 is 0 Å². The molecule has 0 spiro atoms. The largest absolute Gasteiger partial charge is 0.388 e. The number of aliphatic hydroxyl groups is 3. The van der Waals surface area contributed by atoms with Crippen LogP contribution in [-0.4, -0.2) is 51.6 Å². The molecule has 1 aliphatic heterocycles. The molecule has 5 atom stereocenters. The molecular formula is C10H18O5. The van der Waals surface area contributed by atoms with Crippen molar-refractivity contribution in [3.05, 3.63) is 0 Å². The van der Waals surface area contributed by atoms with Crippen LogP contribution in [0.2, 0.25) is 0 Å². The Morgan fingerprint density at radius 3 is 2.07 bits per heavy atom. The normalized spacial score (nSPS) is 41.9. The van der Waals surface area contributed by atoms with E-state index in [4.69, 9.17) is 4.74 Å². The van der Waals surface area contributed by atoms with Gasteiger partial charge in [-0.2, -0.15) is 0 Å². The molecule has 88 valence electrons. The van der Waals surface area contributed by atoms with Crippen LogP contribution in [0.15, 0.2) is 0 Å². The summed E-state index contributed by atoms with van der Waals surface area (Å²) in [6.45, 7) is 4.92.